The molecule has 4 aliphatic heterocycles. The number of fused-ring (bicyclic) bond motifs is 1. The summed E-state index contributed by atoms with van der Waals surface area (Å²) in [7, 11) is 0. The minimum absolute atomic E-state index is 0.0537. The Balaban J connectivity index is 0.828. The summed E-state index contributed by atoms with van der Waals surface area (Å²) in [5, 5.41) is 13.8. The number of nitrogens with two attached hydrogens (primary N) is 3. The van der Waals surface area contributed by atoms with Gasteiger partial charge in [-0.05, 0) is 105 Å². The van der Waals surface area contributed by atoms with E-state index in [-0.39, 0.29) is 41.6 Å². The van der Waals surface area contributed by atoms with Crippen molar-refractivity contribution in [2.45, 2.75) is 64.2 Å². The highest BCUT2D eigenvalue weighted by Gasteiger charge is 2.32. The van der Waals surface area contributed by atoms with Gasteiger partial charge in [-0.3, -0.25) is 19.8 Å². The number of para-hydroxylation sites is 1. The molecule has 8 rings (SSSR count). The summed E-state index contributed by atoms with van der Waals surface area (Å²) in [5.41, 5.74) is 24.8. The first-order valence-electron chi connectivity index (χ1n) is 21.2. The second kappa shape index (κ2) is 17.3. The Morgan fingerprint density at radius 2 is 1.63 bits per heavy atom. The lowest BCUT2D eigenvalue weighted by Crippen LogP contribution is -2.49. The first kappa shape index (κ1) is 40.8. The van der Waals surface area contributed by atoms with Crippen LogP contribution in [0, 0.1) is 12.8 Å². The predicted octanol–water partition coefficient (Wildman–Crippen LogP) is 5.14. The summed E-state index contributed by atoms with van der Waals surface area (Å²) in [5.74, 6) is 0.566. The van der Waals surface area contributed by atoms with Crippen molar-refractivity contribution in [2.75, 3.05) is 57.3 Å². The van der Waals surface area contributed by atoms with Gasteiger partial charge in [0.15, 0.2) is 0 Å². The Morgan fingerprint density at radius 1 is 0.900 bits per heavy atom. The van der Waals surface area contributed by atoms with Gasteiger partial charge in [-0.2, -0.15) is 0 Å². The van der Waals surface area contributed by atoms with Crippen molar-refractivity contribution in [1.82, 2.24) is 24.6 Å². The normalized spacial score (nSPS) is 21.4. The molecule has 14 heteroatoms. The second-order valence-electron chi connectivity index (χ2n) is 16.9. The van der Waals surface area contributed by atoms with Gasteiger partial charge in [0.25, 0.3) is 5.91 Å². The molecule has 4 fully saturated rings. The molecule has 2 unspecified atom stereocenters. The number of morpholine rings is 1. The number of aromatic hydroxyl groups is 1. The van der Waals surface area contributed by atoms with Crippen molar-refractivity contribution in [1.29, 1.82) is 0 Å². The van der Waals surface area contributed by atoms with Crippen LogP contribution in [0.25, 0.3) is 16.6 Å². The van der Waals surface area contributed by atoms with Crippen LogP contribution in [0.5, 0.6) is 5.75 Å². The maximum atomic E-state index is 13.7. The number of amides is 4. The molecule has 3 aromatic carbocycles. The monoisotopic (exact) mass is 815 g/mol. The quantitative estimate of drug-likeness (QED) is 0.142. The summed E-state index contributed by atoms with van der Waals surface area (Å²) in [4.78, 5) is 46.5. The summed E-state index contributed by atoms with van der Waals surface area (Å²) in [6.45, 7) is 10.0. The fraction of sp³-hybridized carbons (Fsp3) is 0.413. The molecule has 8 N–H and O–H groups in total. The lowest BCUT2D eigenvalue weighted by Gasteiger charge is -2.39. The van der Waals surface area contributed by atoms with E-state index < -0.39 is 0 Å². The van der Waals surface area contributed by atoms with Gasteiger partial charge in [0.1, 0.15) is 17.7 Å². The van der Waals surface area contributed by atoms with E-state index in [0.717, 1.165) is 86.1 Å². The maximum absolute atomic E-state index is 13.7. The lowest BCUT2D eigenvalue weighted by molar-refractivity contribution is -0.120. The number of carbonyl (C=O) groups is 3. The Morgan fingerprint density at radius 3 is 2.33 bits per heavy atom. The SMILES string of the molecule is Cc1cc(N2CCC(=O)NC2=O)c2ccn(C3CCN(CC4CCN(C(=O)c5ccc(C6CN(C(/C=C(\N)c7ccccc7O)=C(N)N)CC(C)O6)cc5)CC4)CC3)c2c1. The Hall–Kier alpha value is -5.99. The van der Waals surface area contributed by atoms with Gasteiger partial charge in [-0.1, -0.05) is 24.3 Å². The largest absolute Gasteiger partial charge is 0.507 e. The summed E-state index contributed by atoms with van der Waals surface area (Å²) < 4.78 is 8.73. The average Bonchev–Trinajstić information content (AvgIpc) is 3.66. The van der Waals surface area contributed by atoms with Crippen molar-refractivity contribution in [3.05, 3.63) is 113 Å². The predicted molar refractivity (Wildman–Crippen MR) is 232 cm³/mol. The van der Waals surface area contributed by atoms with Crippen molar-refractivity contribution < 1.29 is 24.2 Å². The molecule has 2 atom stereocenters. The number of aryl methyl sites for hydroxylation is 1. The van der Waals surface area contributed by atoms with Crippen LogP contribution >= 0.6 is 0 Å². The number of phenols is 1. The first-order valence-corrected chi connectivity index (χ1v) is 21.2. The first-order chi connectivity index (χ1) is 28.9. The number of rotatable bonds is 9. The molecule has 0 radical (unpaired) electrons. The number of allylic oxidation sites excluding steroid dienone is 1. The molecule has 0 saturated carbocycles. The highest BCUT2D eigenvalue weighted by molar-refractivity contribution is 6.10. The van der Waals surface area contributed by atoms with Gasteiger partial charge >= 0.3 is 6.03 Å². The number of piperidine rings is 2. The standard InChI is InChI=1S/C46H57N9O5/c1-29-23-38-36(39(24-29)55-22-16-43(57)50-46(55)59)15-21-54(38)34-13-17-51(18-14-34)27-31-11-19-52(20-12-31)45(58)33-9-7-32(8-10-33)42-28-53(26-30(2)60-42)40(44(48)49)25-37(47)35-5-3-4-6-41(35)56/h3-10,15,21,23-25,30-31,34,42,56H,11-14,16-20,22,26-28,47-49H2,1-2H3,(H,50,57,59)/b37-25-. The third kappa shape index (κ3) is 8.66. The molecule has 4 amide bonds. The van der Waals surface area contributed by atoms with E-state index in [4.69, 9.17) is 21.9 Å². The zero-order valence-electron chi connectivity index (χ0n) is 34.6. The highest BCUT2D eigenvalue weighted by Crippen LogP contribution is 2.36. The highest BCUT2D eigenvalue weighted by atomic mass is 16.5. The maximum Gasteiger partial charge on any atom is 0.328 e. The lowest BCUT2D eigenvalue weighted by atomic mass is 9.94. The molecule has 0 aliphatic carbocycles. The van der Waals surface area contributed by atoms with Crippen LogP contribution in [0.1, 0.15) is 78.2 Å². The smallest absolute Gasteiger partial charge is 0.328 e. The van der Waals surface area contributed by atoms with Gasteiger partial charge in [-0.15, -0.1) is 0 Å². The number of urea groups is 1. The second-order valence-corrected chi connectivity index (χ2v) is 16.9. The summed E-state index contributed by atoms with van der Waals surface area (Å²) in [6, 6.07) is 21.0. The fourth-order valence-electron chi connectivity index (χ4n) is 9.43. The number of nitrogens with one attached hydrogen (secondary N) is 1. The molecule has 1 aromatic heterocycles. The zero-order valence-corrected chi connectivity index (χ0v) is 34.6. The topological polar surface area (TPSA) is 189 Å². The van der Waals surface area contributed by atoms with E-state index in [0.29, 0.717) is 60.5 Å². The van der Waals surface area contributed by atoms with Crippen molar-refractivity contribution in [2.24, 2.45) is 23.1 Å². The molecule has 316 valence electrons. The van der Waals surface area contributed by atoms with Crippen LogP contribution in [-0.2, 0) is 9.53 Å². The number of aromatic nitrogens is 1. The average molecular weight is 816 g/mol. The fourth-order valence-corrected chi connectivity index (χ4v) is 9.43. The van der Waals surface area contributed by atoms with E-state index in [9.17, 15) is 19.5 Å². The molecule has 14 nitrogen and oxygen atoms in total. The minimum atomic E-state index is -0.358. The molecule has 4 aromatic rings. The molecule has 0 bridgehead atoms. The third-order valence-electron chi connectivity index (χ3n) is 12.6. The van der Waals surface area contributed by atoms with Crippen LogP contribution in [0.3, 0.4) is 0 Å². The van der Waals surface area contributed by atoms with Gasteiger partial charge in [0, 0.05) is 93.2 Å². The van der Waals surface area contributed by atoms with Gasteiger partial charge < -0.3 is 46.3 Å². The van der Waals surface area contributed by atoms with E-state index in [1.165, 1.54) is 0 Å². The number of likely N-dealkylation sites (tertiary alicyclic amines) is 2. The van der Waals surface area contributed by atoms with E-state index in [1.54, 1.807) is 35.2 Å². The zero-order chi connectivity index (χ0) is 42.1. The number of hydrogen-bond donors (Lipinski definition) is 5. The van der Waals surface area contributed by atoms with Gasteiger partial charge in [0.2, 0.25) is 5.91 Å². The van der Waals surface area contributed by atoms with Crippen molar-refractivity contribution >= 4 is 40.1 Å². The number of anilines is 1. The number of hydrogen-bond acceptors (Lipinski definition) is 10. The number of imide groups is 1. The number of benzene rings is 3. The molecular formula is C46H57N9O5. The minimum Gasteiger partial charge on any atom is -0.507 e. The number of carbonyl (C=O) groups excluding carboxylic acids is 3. The Bertz CT molecular complexity index is 2300. The molecule has 5 heterocycles. The van der Waals surface area contributed by atoms with Crippen molar-refractivity contribution in [3.63, 3.8) is 0 Å². The van der Waals surface area contributed by atoms with Crippen LogP contribution in [0.15, 0.2) is 90.5 Å². The van der Waals surface area contributed by atoms with Crippen LogP contribution < -0.4 is 27.4 Å². The number of ether oxygens (including phenoxy) is 1. The molecule has 60 heavy (non-hydrogen) atoms. The van der Waals surface area contributed by atoms with E-state index >= 15 is 0 Å². The number of nitrogens with zero attached hydrogens (tertiary/aromatic N) is 5. The Labute approximate surface area is 351 Å². The van der Waals surface area contributed by atoms with Crippen LogP contribution in [-0.4, -0.2) is 101 Å². The van der Waals surface area contributed by atoms with E-state index in [2.05, 4.69) is 44.9 Å². The Kier molecular flexibility index (Phi) is 11.8. The third-order valence-corrected chi connectivity index (χ3v) is 12.6. The molecular weight excluding hydrogens is 759 g/mol. The summed E-state index contributed by atoms with van der Waals surface area (Å²) >= 11 is 0. The van der Waals surface area contributed by atoms with Crippen LogP contribution in [0.4, 0.5) is 10.5 Å². The summed E-state index contributed by atoms with van der Waals surface area (Å²) in [6.07, 6.45) is 7.80. The van der Waals surface area contributed by atoms with Gasteiger partial charge in [-0.25, -0.2) is 4.79 Å². The van der Waals surface area contributed by atoms with Gasteiger partial charge in [0.05, 0.1) is 23.0 Å². The van der Waals surface area contributed by atoms with Crippen LogP contribution in [0.2, 0.25) is 0 Å². The number of phenolic OH excluding ortho intramolecular Hbond substituents is 1. The van der Waals surface area contributed by atoms with Crippen molar-refractivity contribution in [3.8, 4) is 5.75 Å². The van der Waals surface area contributed by atoms with E-state index in [1.807, 2.05) is 42.2 Å². The molecule has 4 saturated heterocycles. The molecule has 4 aliphatic rings. The molecule has 0 spiro atoms.